The fourth-order valence-electron chi connectivity index (χ4n) is 1.69. The van der Waals surface area contributed by atoms with Crippen LogP contribution in [0.2, 0.25) is 0 Å². The molecule has 6 heteroatoms. The maximum Gasteiger partial charge on any atom is 0.214 e. The van der Waals surface area contributed by atoms with E-state index in [0.29, 0.717) is 0 Å². The van der Waals surface area contributed by atoms with Crippen molar-refractivity contribution < 1.29 is 8.42 Å². The van der Waals surface area contributed by atoms with E-state index < -0.39 is 15.4 Å². The number of amidine groups is 1. The summed E-state index contributed by atoms with van der Waals surface area (Å²) in [5.74, 6) is 0.00150. The molecule has 0 aromatic rings. The fourth-order valence-corrected chi connectivity index (χ4v) is 3.44. The highest BCUT2D eigenvalue weighted by Gasteiger charge is 2.31. The average Bonchev–Trinajstić information content (AvgIpc) is 2.68. The summed E-state index contributed by atoms with van der Waals surface area (Å²) in [5, 5.41) is 7.10. The van der Waals surface area contributed by atoms with Gasteiger partial charge >= 0.3 is 0 Å². The van der Waals surface area contributed by atoms with Gasteiger partial charge in [0, 0.05) is 12.0 Å². The normalized spacial score (nSPS) is 18.9. The Morgan fingerprint density at radius 2 is 1.94 bits per heavy atom. The first-order chi connectivity index (χ1) is 7.26. The van der Waals surface area contributed by atoms with Gasteiger partial charge < -0.3 is 5.73 Å². The van der Waals surface area contributed by atoms with Crippen LogP contribution in [-0.4, -0.2) is 26.0 Å². The Hall–Kier alpha value is -0.620. The highest BCUT2D eigenvalue weighted by Crippen LogP contribution is 2.24. The van der Waals surface area contributed by atoms with E-state index in [2.05, 4.69) is 4.72 Å². The molecule has 94 valence electrons. The maximum absolute atomic E-state index is 11.9. The van der Waals surface area contributed by atoms with Crippen LogP contribution in [0.25, 0.3) is 0 Å². The quantitative estimate of drug-likeness (QED) is 0.495. The van der Waals surface area contributed by atoms with Crippen LogP contribution in [0.1, 0.15) is 39.5 Å². The van der Waals surface area contributed by atoms with E-state index in [9.17, 15) is 8.42 Å². The van der Waals surface area contributed by atoms with E-state index >= 15 is 0 Å². The van der Waals surface area contributed by atoms with Crippen LogP contribution < -0.4 is 10.5 Å². The van der Waals surface area contributed by atoms with Crippen molar-refractivity contribution in [2.45, 2.75) is 44.8 Å². The van der Waals surface area contributed by atoms with Crippen molar-refractivity contribution in [3.8, 4) is 0 Å². The molecular weight excluding hydrogens is 226 g/mol. The van der Waals surface area contributed by atoms with E-state index in [1.807, 2.05) is 0 Å². The summed E-state index contributed by atoms with van der Waals surface area (Å²) >= 11 is 0. The van der Waals surface area contributed by atoms with Crippen LogP contribution in [0.4, 0.5) is 0 Å². The van der Waals surface area contributed by atoms with Crippen LogP contribution in [0, 0.1) is 10.8 Å². The Morgan fingerprint density at radius 3 is 2.38 bits per heavy atom. The maximum atomic E-state index is 11.9. The van der Waals surface area contributed by atoms with Gasteiger partial charge in [-0.15, -0.1) is 0 Å². The van der Waals surface area contributed by atoms with Gasteiger partial charge in [-0.1, -0.05) is 26.7 Å². The second-order valence-corrected chi connectivity index (χ2v) is 7.12. The highest BCUT2D eigenvalue weighted by atomic mass is 32.2. The number of rotatable bonds is 5. The first-order valence-electron chi connectivity index (χ1n) is 5.59. The topological polar surface area (TPSA) is 96.0 Å². The molecule has 0 aliphatic heterocycles. The SMILES string of the molecule is CC(C)(CNS(=O)(=O)C1CCCC1)C(=N)N. The first kappa shape index (κ1) is 13.4. The summed E-state index contributed by atoms with van der Waals surface area (Å²) in [6.45, 7) is 3.71. The molecule has 0 unspecified atom stereocenters. The molecule has 0 radical (unpaired) electrons. The van der Waals surface area contributed by atoms with Crippen molar-refractivity contribution in [2.24, 2.45) is 11.1 Å². The van der Waals surface area contributed by atoms with Gasteiger partial charge in [-0.25, -0.2) is 13.1 Å². The molecule has 1 fully saturated rings. The van der Waals surface area contributed by atoms with E-state index in [4.69, 9.17) is 11.1 Å². The molecule has 1 aliphatic carbocycles. The van der Waals surface area contributed by atoms with Gasteiger partial charge in [0.2, 0.25) is 10.0 Å². The minimum absolute atomic E-state index is 0.00150. The summed E-state index contributed by atoms with van der Waals surface area (Å²) in [6, 6.07) is 0. The van der Waals surface area contributed by atoms with Crippen LogP contribution in [0.15, 0.2) is 0 Å². The number of nitrogens with one attached hydrogen (secondary N) is 2. The summed E-state index contributed by atoms with van der Waals surface area (Å²) in [6.07, 6.45) is 3.47. The van der Waals surface area contributed by atoms with E-state index in [1.54, 1.807) is 13.8 Å². The molecule has 0 heterocycles. The molecule has 0 saturated heterocycles. The Labute approximate surface area is 97.4 Å². The van der Waals surface area contributed by atoms with E-state index in [0.717, 1.165) is 25.7 Å². The van der Waals surface area contributed by atoms with Crippen molar-refractivity contribution in [3.63, 3.8) is 0 Å². The van der Waals surface area contributed by atoms with E-state index in [1.165, 1.54) is 0 Å². The largest absolute Gasteiger partial charge is 0.387 e. The number of nitrogens with two attached hydrogens (primary N) is 1. The fraction of sp³-hybridized carbons (Fsp3) is 0.900. The van der Waals surface area contributed by atoms with Crippen molar-refractivity contribution >= 4 is 15.9 Å². The zero-order valence-electron chi connectivity index (χ0n) is 9.91. The van der Waals surface area contributed by atoms with Crippen molar-refractivity contribution in [3.05, 3.63) is 0 Å². The van der Waals surface area contributed by atoms with Gasteiger partial charge in [0.05, 0.1) is 11.1 Å². The van der Waals surface area contributed by atoms with Gasteiger partial charge in [0.1, 0.15) is 0 Å². The predicted molar refractivity (Wildman–Crippen MR) is 64.9 cm³/mol. The van der Waals surface area contributed by atoms with Crippen LogP contribution in [-0.2, 0) is 10.0 Å². The molecule has 0 bridgehead atoms. The smallest absolute Gasteiger partial charge is 0.214 e. The zero-order valence-corrected chi connectivity index (χ0v) is 10.7. The third-order valence-corrected chi connectivity index (χ3v) is 5.08. The predicted octanol–water partition coefficient (Wildman–Crippen LogP) is 0.811. The van der Waals surface area contributed by atoms with Gasteiger partial charge in [-0.05, 0) is 12.8 Å². The number of sulfonamides is 1. The second kappa shape index (κ2) is 4.71. The third-order valence-electron chi connectivity index (χ3n) is 3.19. The molecule has 1 saturated carbocycles. The van der Waals surface area contributed by atoms with Crippen molar-refractivity contribution in [2.75, 3.05) is 6.54 Å². The monoisotopic (exact) mass is 247 g/mol. The minimum Gasteiger partial charge on any atom is -0.387 e. The number of hydrogen-bond donors (Lipinski definition) is 3. The van der Waals surface area contributed by atoms with Gasteiger partial charge in [0.15, 0.2) is 0 Å². The summed E-state index contributed by atoms with van der Waals surface area (Å²) in [5.41, 5.74) is 4.78. The number of hydrogen-bond acceptors (Lipinski definition) is 3. The van der Waals surface area contributed by atoms with E-state index in [-0.39, 0.29) is 17.6 Å². The zero-order chi connectivity index (χ0) is 12.4. The van der Waals surface area contributed by atoms with Gasteiger partial charge in [-0.3, -0.25) is 5.41 Å². The van der Waals surface area contributed by atoms with Crippen molar-refractivity contribution in [1.82, 2.24) is 4.72 Å². The molecule has 5 nitrogen and oxygen atoms in total. The highest BCUT2D eigenvalue weighted by molar-refractivity contribution is 7.90. The van der Waals surface area contributed by atoms with Crippen molar-refractivity contribution in [1.29, 1.82) is 5.41 Å². The molecule has 0 amide bonds. The molecular formula is C10H21N3O2S. The molecule has 0 spiro atoms. The molecule has 1 aliphatic rings. The Kier molecular flexibility index (Phi) is 3.96. The van der Waals surface area contributed by atoms with Gasteiger partial charge in [0.25, 0.3) is 0 Å². The van der Waals surface area contributed by atoms with Crippen LogP contribution in [0.5, 0.6) is 0 Å². The lowest BCUT2D eigenvalue weighted by Crippen LogP contribution is -2.44. The summed E-state index contributed by atoms with van der Waals surface area (Å²) in [7, 11) is -3.23. The lowest BCUT2D eigenvalue weighted by Gasteiger charge is -2.24. The van der Waals surface area contributed by atoms with Gasteiger partial charge in [-0.2, -0.15) is 0 Å². The Balaban J connectivity index is 2.57. The standard InChI is InChI=1S/C10H21N3O2S/c1-10(2,9(11)12)7-13-16(14,15)8-5-3-4-6-8/h8,13H,3-7H2,1-2H3,(H3,11,12). The summed E-state index contributed by atoms with van der Waals surface area (Å²) in [4.78, 5) is 0. The third kappa shape index (κ3) is 3.18. The Morgan fingerprint density at radius 1 is 1.44 bits per heavy atom. The average molecular weight is 247 g/mol. The molecule has 0 aromatic carbocycles. The molecule has 1 rings (SSSR count). The molecule has 16 heavy (non-hydrogen) atoms. The molecule has 4 N–H and O–H groups in total. The first-order valence-corrected chi connectivity index (χ1v) is 7.13. The Bertz CT molecular complexity index is 356. The lowest BCUT2D eigenvalue weighted by atomic mass is 9.93. The van der Waals surface area contributed by atoms with Crippen LogP contribution in [0.3, 0.4) is 0 Å². The lowest BCUT2D eigenvalue weighted by molar-refractivity contribution is 0.488. The van der Waals surface area contributed by atoms with Crippen LogP contribution >= 0.6 is 0 Å². The minimum atomic E-state index is -3.23. The molecule has 0 aromatic heterocycles. The molecule has 0 atom stereocenters. The summed E-state index contributed by atoms with van der Waals surface area (Å²) < 4.78 is 26.3. The second-order valence-electron chi connectivity index (χ2n) is 5.07.